The van der Waals surface area contributed by atoms with E-state index in [1.807, 2.05) is 0 Å². The SMILES string of the molecule is CN(CCO)C1CCCN(C(C)(C)C)C1. The van der Waals surface area contributed by atoms with Crippen LogP contribution in [0.25, 0.3) is 0 Å². The number of aliphatic hydroxyl groups excluding tert-OH is 1. The molecule has 0 amide bonds. The Hall–Kier alpha value is -0.120. The summed E-state index contributed by atoms with van der Waals surface area (Å²) in [6, 6.07) is 0.616. The monoisotopic (exact) mass is 214 g/mol. The van der Waals surface area contributed by atoms with Crippen molar-refractivity contribution in [3.05, 3.63) is 0 Å². The van der Waals surface area contributed by atoms with Gasteiger partial charge in [-0.2, -0.15) is 0 Å². The Bertz CT molecular complexity index is 189. The molecule has 0 saturated carbocycles. The van der Waals surface area contributed by atoms with Gasteiger partial charge in [0.05, 0.1) is 6.61 Å². The molecule has 3 nitrogen and oxygen atoms in total. The van der Waals surface area contributed by atoms with Gasteiger partial charge in [0, 0.05) is 24.7 Å². The van der Waals surface area contributed by atoms with Crippen LogP contribution in [0.2, 0.25) is 0 Å². The number of nitrogens with zero attached hydrogens (tertiary/aromatic N) is 2. The molecule has 0 aromatic rings. The minimum atomic E-state index is 0.266. The van der Waals surface area contributed by atoms with Gasteiger partial charge in [0.15, 0.2) is 0 Å². The number of rotatable bonds is 3. The lowest BCUT2D eigenvalue weighted by Crippen LogP contribution is -2.53. The molecule has 1 saturated heterocycles. The largest absolute Gasteiger partial charge is 0.395 e. The number of aliphatic hydroxyl groups is 1. The number of hydrogen-bond acceptors (Lipinski definition) is 3. The first-order valence-electron chi connectivity index (χ1n) is 6.01. The molecule has 1 unspecified atom stereocenters. The lowest BCUT2D eigenvalue weighted by Gasteiger charge is -2.44. The van der Waals surface area contributed by atoms with Crippen LogP contribution in [0.1, 0.15) is 33.6 Å². The van der Waals surface area contributed by atoms with Crippen molar-refractivity contribution in [1.82, 2.24) is 9.80 Å². The van der Waals surface area contributed by atoms with E-state index in [0.717, 1.165) is 13.1 Å². The minimum absolute atomic E-state index is 0.266. The van der Waals surface area contributed by atoms with Gasteiger partial charge in [-0.15, -0.1) is 0 Å². The van der Waals surface area contributed by atoms with Crippen molar-refractivity contribution >= 4 is 0 Å². The Morgan fingerprint density at radius 1 is 1.40 bits per heavy atom. The summed E-state index contributed by atoms with van der Waals surface area (Å²) >= 11 is 0. The Morgan fingerprint density at radius 3 is 2.60 bits per heavy atom. The van der Waals surface area contributed by atoms with Crippen LogP contribution in [-0.4, -0.2) is 59.8 Å². The molecule has 1 atom stereocenters. The van der Waals surface area contributed by atoms with E-state index in [0.29, 0.717) is 6.04 Å². The molecule has 1 heterocycles. The first-order chi connectivity index (χ1) is 6.95. The average molecular weight is 214 g/mol. The molecule has 0 spiro atoms. The first kappa shape index (κ1) is 12.9. The fraction of sp³-hybridized carbons (Fsp3) is 1.00. The molecule has 90 valence electrons. The summed E-state index contributed by atoms with van der Waals surface area (Å²) in [6.07, 6.45) is 2.54. The number of piperidine rings is 1. The van der Waals surface area contributed by atoms with Gasteiger partial charge in [-0.3, -0.25) is 9.80 Å². The van der Waals surface area contributed by atoms with Gasteiger partial charge in [0.1, 0.15) is 0 Å². The van der Waals surface area contributed by atoms with Crippen LogP contribution in [0.3, 0.4) is 0 Å². The maximum absolute atomic E-state index is 8.94. The summed E-state index contributed by atoms with van der Waals surface area (Å²) in [6.45, 7) is 10.3. The van der Waals surface area contributed by atoms with Crippen LogP contribution < -0.4 is 0 Å². The van der Waals surface area contributed by atoms with Gasteiger partial charge in [-0.1, -0.05) is 0 Å². The zero-order valence-electron chi connectivity index (χ0n) is 10.7. The Kier molecular flexibility index (Phi) is 4.56. The Labute approximate surface area is 94.1 Å². The van der Waals surface area contributed by atoms with E-state index in [9.17, 15) is 0 Å². The summed E-state index contributed by atoms with van der Waals surface area (Å²) in [5, 5.41) is 8.94. The quantitative estimate of drug-likeness (QED) is 0.764. The molecule has 15 heavy (non-hydrogen) atoms. The van der Waals surface area contributed by atoms with E-state index in [4.69, 9.17) is 5.11 Å². The smallest absolute Gasteiger partial charge is 0.0558 e. The van der Waals surface area contributed by atoms with Gasteiger partial charge in [0.25, 0.3) is 0 Å². The van der Waals surface area contributed by atoms with E-state index in [1.54, 1.807) is 0 Å². The van der Waals surface area contributed by atoms with Crippen molar-refractivity contribution in [3.63, 3.8) is 0 Å². The lowest BCUT2D eigenvalue weighted by atomic mass is 9.97. The first-order valence-corrected chi connectivity index (χ1v) is 6.01. The molecular weight excluding hydrogens is 188 g/mol. The van der Waals surface area contributed by atoms with Gasteiger partial charge >= 0.3 is 0 Å². The van der Waals surface area contributed by atoms with Crippen molar-refractivity contribution < 1.29 is 5.11 Å². The number of likely N-dealkylation sites (tertiary alicyclic amines) is 1. The molecule has 1 aliphatic rings. The van der Waals surface area contributed by atoms with Crippen molar-refractivity contribution in [2.75, 3.05) is 33.3 Å². The Balaban J connectivity index is 2.48. The maximum atomic E-state index is 8.94. The highest BCUT2D eigenvalue weighted by atomic mass is 16.3. The van der Waals surface area contributed by atoms with Crippen LogP contribution >= 0.6 is 0 Å². The third-order valence-electron chi connectivity index (χ3n) is 3.42. The average Bonchev–Trinajstić information content (AvgIpc) is 2.17. The van der Waals surface area contributed by atoms with Gasteiger partial charge in [0.2, 0.25) is 0 Å². The van der Waals surface area contributed by atoms with E-state index >= 15 is 0 Å². The van der Waals surface area contributed by atoms with Gasteiger partial charge in [-0.05, 0) is 47.2 Å². The fourth-order valence-electron chi connectivity index (χ4n) is 2.26. The van der Waals surface area contributed by atoms with Crippen LogP contribution in [-0.2, 0) is 0 Å². The highest BCUT2D eigenvalue weighted by Gasteiger charge is 2.29. The number of hydrogen-bond donors (Lipinski definition) is 1. The van der Waals surface area contributed by atoms with Crippen molar-refractivity contribution in [1.29, 1.82) is 0 Å². The normalized spacial score (nSPS) is 24.8. The molecule has 3 heteroatoms. The third kappa shape index (κ3) is 3.74. The lowest BCUT2D eigenvalue weighted by molar-refractivity contribution is 0.0476. The molecule has 1 aliphatic heterocycles. The molecule has 0 bridgehead atoms. The van der Waals surface area contributed by atoms with Crippen LogP contribution in [0.5, 0.6) is 0 Å². The van der Waals surface area contributed by atoms with E-state index in [-0.39, 0.29) is 12.1 Å². The van der Waals surface area contributed by atoms with Crippen molar-refractivity contribution in [2.45, 2.75) is 45.2 Å². The predicted molar refractivity (Wildman–Crippen MR) is 64.1 cm³/mol. The van der Waals surface area contributed by atoms with Gasteiger partial charge in [-0.25, -0.2) is 0 Å². The van der Waals surface area contributed by atoms with Crippen molar-refractivity contribution in [2.24, 2.45) is 0 Å². The highest BCUT2D eigenvalue weighted by Crippen LogP contribution is 2.22. The zero-order valence-corrected chi connectivity index (χ0v) is 10.7. The minimum Gasteiger partial charge on any atom is -0.395 e. The molecule has 0 aromatic carbocycles. The molecule has 0 aromatic heterocycles. The van der Waals surface area contributed by atoms with E-state index < -0.39 is 0 Å². The van der Waals surface area contributed by atoms with Crippen LogP contribution in [0.4, 0.5) is 0 Å². The summed E-state index contributed by atoms with van der Waals surface area (Å²) < 4.78 is 0. The standard InChI is InChI=1S/C12H26N2O/c1-12(2,3)14-7-5-6-11(10-14)13(4)8-9-15/h11,15H,5-10H2,1-4H3. The second kappa shape index (κ2) is 5.28. The number of likely N-dealkylation sites (N-methyl/N-ethyl adjacent to an activating group) is 1. The molecule has 1 rings (SSSR count). The highest BCUT2D eigenvalue weighted by molar-refractivity contribution is 4.85. The molecule has 1 N–H and O–H groups in total. The third-order valence-corrected chi connectivity index (χ3v) is 3.42. The van der Waals surface area contributed by atoms with E-state index in [1.165, 1.54) is 19.4 Å². The van der Waals surface area contributed by atoms with Crippen LogP contribution in [0, 0.1) is 0 Å². The van der Waals surface area contributed by atoms with Crippen LogP contribution in [0.15, 0.2) is 0 Å². The maximum Gasteiger partial charge on any atom is 0.0558 e. The zero-order chi connectivity index (χ0) is 11.5. The molecule has 0 aliphatic carbocycles. The van der Waals surface area contributed by atoms with E-state index in [2.05, 4.69) is 37.6 Å². The summed E-state index contributed by atoms with van der Waals surface area (Å²) in [4.78, 5) is 4.84. The van der Waals surface area contributed by atoms with Crippen molar-refractivity contribution in [3.8, 4) is 0 Å². The predicted octanol–water partition coefficient (Wildman–Crippen LogP) is 1.17. The molecule has 1 fully saturated rings. The fourth-order valence-corrected chi connectivity index (χ4v) is 2.26. The molecular formula is C12H26N2O. The molecule has 0 radical (unpaired) electrons. The summed E-state index contributed by atoms with van der Waals surface area (Å²) in [5.74, 6) is 0. The second-order valence-electron chi connectivity index (χ2n) is 5.62. The Morgan fingerprint density at radius 2 is 2.07 bits per heavy atom. The summed E-state index contributed by atoms with van der Waals surface area (Å²) in [7, 11) is 2.12. The van der Waals surface area contributed by atoms with Gasteiger partial charge < -0.3 is 5.11 Å². The summed E-state index contributed by atoms with van der Waals surface area (Å²) in [5.41, 5.74) is 0.277. The second-order valence-corrected chi connectivity index (χ2v) is 5.62. The topological polar surface area (TPSA) is 26.7 Å².